The first-order valence-corrected chi connectivity index (χ1v) is 22.5. The molecular weight excluding hydrogens is 829 g/mol. The van der Waals surface area contributed by atoms with Gasteiger partial charge in [-0.25, -0.2) is 9.97 Å². The van der Waals surface area contributed by atoms with Crippen LogP contribution in [-0.4, -0.2) is 112 Å². The van der Waals surface area contributed by atoms with Crippen LogP contribution in [0.3, 0.4) is 0 Å². The number of hydrogen-bond acceptors (Lipinski definition) is 13. The first-order chi connectivity index (χ1) is 32.0. The van der Waals surface area contributed by atoms with E-state index in [1.165, 1.54) is 12.1 Å². The number of benzene rings is 2. The number of rotatable bonds is 13. The van der Waals surface area contributed by atoms with Gasteiger partial charge in [-0.05, 0) is 82.2 Å². The SMILES string of the molecule is [2H]C([2H])([2H])Oc1cc(OC2CC(N(CC3CCN(c4cnc(C(=O)NC5C(C)(C)C(Oc6cc(C)c(C#N)c(C)c6)C5(C)C)cn4)CC3)C(C)C)C2)cc2c1C(=O)N([C@@H]1CCC(=O)NC1=O)C2=O. The third kappa shape index (κ3) is 8.39. The highest BCUT2D eigenvalue weighted by Crippen LogP contribution is 2.55. The van der Waals surface area contributed by atoms with Gasteiger partial charge in [0.25, 0.3) is 17.7 Å². The summed E-state index contributed by atoms with van der Waals surface area (Å²) in [6.45, 7) is 19.0. The number of imide groups is 2. The molecule has 0 bridgehead atoms. The number of anilines is 1. The van der Waals surface area contributed by atoms with Gasteiger partial charge >= 0.3 is 0 Å². The fourth-order valence-electron chi connectivity index (χ4n) is 11.1. The Kier molecular flexibility index (Phi) is 11.1. The van der Waals surface area contributed by atoms with Crippen LogP contribution in [0.1, 0.15) is 132 Å². The fourth-order valence-corrected chi connectivity index (χ4v) is 11.1. The van der Waals surface area contributed by atoms with E-state index in [9.17, 15) is 29.2 Å². The van der Waals surface area contributed by atoms with Gasteiger partial charge in [-0.2, -0.15) is 5.26 Å². The number of aryl methyl sites for hydroxylation is 2. The van der Waals surface area contributed by atoms with E-state index in [0.29, 0.717) is 30.1 Å². The number of piperidine rings is 2. The first-order valence-electron chi connectivity index (χ1n) is 24.0. The molecule has 2 aromatic carbocycles. The molecule has 3 aliphatic heterocycles. The van der Waals surface area contributed by atoms with Crippen LogP contribution in [0.25, 0.3) is 0 Å². The molecule has 4 fully saturated rings. The molecule has 2 saturated carbocycles. The van der Waals surface area contributed by atoms with Crippen LogP contribution in [0.5, 0.6) is 17.2 Å². The van der Waals surface area contributed by atoms with Gasteiger partial charge in [-0.15, -0.1) is 0 Å². The molecular formula is C49H60N8O8. The summed E-state index contributed by atoms with van der Waals surface area (Å²) in [7, 11) is -2.94. The van der Waals surface area contributed by atoms with Gasteiger partial charge in [0, 0.05) is 73.9 Å². The van der Waals surface area contributed by atoms with Crippen LogP contribution in [0.4, 0.5) is 5.82 Å². The lowest BCUT2D eigenvalue weighted by atomic mass is 9.49. The molecule has 16 heteroatoms. The first kappa shape index (κ1) is 41.6. The molecule has 65 heavy (non-hydrogen) atoms. The second-order valence-corrected chi connectivity index (χ2v) is 19.8. The lowest BCUT2D eigenvalue weighted by Crippen LogP contribution is -2.74. The van der Waals surface area contributed by atoms with Crippen LogP contribution in [0.15, 0.2) is 36.7 Å². The average Bonchev–Trinajstić information content (AvgIpc) is 3.50. The Balaban J connectivity index is 0.831. The van der Waals surface area contributed by atoms with E-state index in [2.05, 4.69) is 78.0 Å². The van der Waals surface area contributed by atoms with Gasteiger partial charge < -0.3 is 24.4 Å². The van der Waals surface area contributed by atoms with Crippen molar-refractivity contribution >= 4 is 35.4 Å². The second kappa shape index (κ2) is 17.4. The zero-order valence-corrected chi connectivity index (χ0v) is 38.3. The van der Waals surface area contributed by atoms with Crippen LogP contribution in [-0.2, 0) is 9.59 Å². The number of nitrogens with zero attached hydrogens (tertiary/aromatic N) is 6. The molecule has 344 valence electrons. The topological polar surface area (TPSA) is 196 Å². The van der Waals surface area contributed by atoms with Crippen molar-refractivity contribution in [2.24, 2.45) is 16.7 Å². The summed E-state index contributed by atoms with van der Waals surface area (Å²) in [5.74, 6) is -1.53. The van der Waals surface area contributed by atoms with Crippen LogP contribution >= 0.6 is 0 Å². The molecule has 2 aliphatic carbocycles. The predicted octanol–water partition coefficient (Wildman–Crippen LogP) is 5.52. The molecule has 16 nitrogen and oxygen atoms in total. The Labute approximate surface area is 384 Å². The number of ether oxygens (including phenoxy) is 3. The molecule has 0 unspecified atom stereocenters. The Hall–Kier alpha value is -6.08. The summed E-state index contributed by atoms with van der Waals surface area (Å²) in [6.07, 6.45) is 5.95. The van der Waals surface area contributed by atoms with Crippen molar-refractivity contribution in [3.8, 4) is 23.3 Å². The Morgan fingerprint density at radius 1 is 0.969 bits per heavy atom. The third-order valence-corrected chi connectivity index (χ3v) is 14.4. The third-order valence-electron chi connectivity index (χ3n) is 14.4. The molecule has 2 saturated heterocycles. The number of carbonyl (C=O) groups excluding carboxylic acids is 5. The van der Waals surface area contributed by atoms with E-state index in [4.69, 9.17) is 18.3 Å². The zero-order valence-electron chi connectivity index (χ0n) is 41.3. The number of hydrogen-bond donors (Lipinski definition) is 2. The number of amides is 5. The van der Waals surface area contributed by atoms with E-state index in [1.807, 2.05) is 26.0 Å². The summed E-state index contributed by atoms with van der Waals surface area (Å²) in [4.78, 5) is 79.8. The van der Waals surface area contributed by atoms with Crippen LogP contribution in [0, 0.1) is 41.9 Å². The molecule has 4 heterocycles. The monoisotopic (exact) mass is 891 g/mol. The number of methoxy groups -OCH3 is 1. The molecule has 3 aromatic rings. The molecule has 5 aliphatic rings. The molecule has 0 radical (unpaired) electrons. The number of aromatic nitrogens is 2. The Morgan fingerprint density at radius 2 is 1.65 bits per heavy atom. The van der Waals surface area contributed by atoms with Gasteiger partial charge in [0.15, 0.2) is 0 Å². The van der Waals surface area contributed by atoms with Crippen molar-refractivity contribution in [1.82, 2.24) is 30.4 Å². The predicted molar refractivity (Wildman–Crippen MR) is 240 cm³/mol. The van der Waals surface area contributed by atoms with E-state index >= 15 is 0 Å². The minimum Gasteiger partial charge on any atom is -0.496 e. The Morgan fingerprint density at radius 3 is 2.25 bits per heavy atom. The van der Waals surface area contributed by atoms with Crippen LogP contribution in [0.2, 0.25) is 0 Å². The van der Waals surface area contributed by atoms with Gasteiger partial charge in [-0.1, -0.05) is 27.7 Å². The summed E-state index contributed by atoms with van der Waals surface area (Å²) in [5, 5.41) is 14.9. The smallest absolute Gasteiger partial charge is 0.271 e. The van der Waals surface area contributed by atoms with E-state index < -0.39 is 47.5 Å². The molecule has 0 spiro atoms. The zero-order chi connectivity index (χ0) is 49.2. The molecule has 8 rings (SSSR count). The van der Waals surface area contributed by atoms with Crippen molar-refractivity contribution in [1.29, 1.82) is 5.26 Å². The number of fused-ring (bicyclic) bond motifs is 1. The fraction of sp³-hybridized carbons (Fsp3) is 0.551. The summed E-state index contributed by atoms with van der Waals surface area (Å²) < 4.78 is 41.2. The van der Waals surface area contributed by atoms with Gasteiger partial charge in [0.05, 0.1) is 46.3 Å². The summed E-state index contributed by atoms with van der Waals surface area (Å²) in [5.41, 5.74) is 1.46. The van der Waals surface area contributed by atoms with Crippen molar-refractivity contribution in [3.05, 3.63) is 70.2 Å². The van der Waals surface area contributed by atoms with Crippen molar-refractivity contribution in [2.75, 3.05) is 31.6 Å². The summed E-state index contributed by atoms with van der Waals surface area (Å²) in [6, 6.07) is 7.82. The van der Waals surface area contributed by atoms with Crippen molar-refractivity contribution in [2.45, 2.75) is 130 Å². The lowest BCUT2D eigenvalue weighted by molar-refractivity contribution is -0.164. The van der Waals surface area contributed by atoms with E-state index in [0.717, 1.165) is 54.3 Å². The highest BCUT2D eigenvalue weighted by atomic mass is 16.5. The maximum atomic E-state index is 13.6. The Bertz CT molecular complexity index is 2520. The van der Waals surface area contributed by atoms with Crippen LogP contribution < -0.4 is 29.7 Å². The van der Waals surface area contributed by atoms with Gasteiger partial charge in [-0.3, -0.25) is 39.1 Å². The minimum atomic E-state index is -2.94. The number of carbonyl (C=O) groups is 5. The van der Waals surface area contributed by atoms with E-state index in [-0.39, 0.29) is 77.4 Å². The average molecular weight is 892 g/mol. The van der Waals surface area contributed by atoms with E-state index in [1.54, 1.807) is 12.4 Å². The molecule has 1 atom stereocenters. The standard InChI is InChI=1S/C49H60N8O8/c1-26(2)56(30-18-32(19-30)64-33-20-34-41(38(21-33)63-9)45(62)57(44(34)61)37-10-11-40(58)53-43(37)60)25-29-12-14-55(15-13-29)39-24-51-36(23-52-39)42(59)54-46-48(5,6)47(49(46,7)8)65-31-16-27(3)35(22-50)28(4)17-31/h16-17,20-21,23-24,26,29-30,32,37,46-47H,10-15,18-19,25H2,1-9H3,(H,54,59)(H,53,58,60)/t30?,32?,37-,46?,47?/m1/s1/i9D3. The number of nitriles is 1. The quantitative estimate of drug-likeness (QED) is 0.204. The highest BCUT2D eigenvalue weighted by Gasteiger charge is 2.64. The number of nitrogens with one attached hydrogen (secondary N) is 2. The molecule has 1 aromatic heterocycles. The van der Waals surface area contributed by atoms with Gasteiger partial charge in [0.1, 0.15) is 47.0 Å². The minimum absolute atomic E-state index is 0.0466. The lowest BCUT2D eigenvalue weighted by Gasteiger charge is -2.63. The normalized spacial score (nSPS) is 25.7. The highest BCUT2D eigenvalue weighted by molar-refractivity contribution is 6.24. The molecule has 5 amide bonds. The maximum absolute atomic E-state index is 13.6. The van der Waals surface area contributed by atoms with Gasteiger partial charge in [0.2, 0.25) is 11.8 Å². The molecule has 2 N–H and O–H groups in total. The van der Waals surface area contributed by atoms with Crippen molar-refractivity contribution in [3.63, 3.8) is 0 Å². The maximum Gasteiger partial charge on any atom is 0.271 e. The second-order valence-electron chi connectivity index (χ2n) is 19.8. The summed E-state index contributed by atoms with van der Waals surface area (Å²) >= 11 is 0. The van der Waals surface area contributed by atoms with Crippen molar-refractivity contribution < 1.29 is 42.3 Å². The largest absolute Gasteiger partial charge is 0.496 e.